The Morgan fingerprint density at radius 2 is 2.00 bits per heavy atom. The van der Waals surface area contributed by atoms with Gasteiger partial charge >= 0.3 is 0 Å². The van der Waals surface area contributed by atoms with E-state index in [1.54, 1.807) is 39.2 Å². The standard InChI is InChI=1S/C12H16BrN3O2/c1-7(12(18)16(2)3)15-11(17)8-5-4-6-9(14)10(8)13/h4-7H,14H2,1-3H3,(H,15,17). The van der Waals surface area contributed by atoms with Crippen molar-refractivity contribution in [3.05, 3.63) is 28.2 Å². The zero-order chi connectivity index (χ0) is 13.9. The Kier molecular flexibility index (Phi) is 4.72. The van der Waals surface area contributed by atoms with E-state index in [-0.39, 0.29) is 11.8 Å². The smallest absolute Gasteiger partial charge is 0.253 e. The number of carbonyl (C=O) groups excluding carboxylic acids is 2. The Balaban J connectivity index is 2.83. The maximum absolute atomic E-state index is 12.0. The van der Waals surface area contributed by atoms with Gasteiger partial charge in [-0.05, 0) is 35.0 Å². The second kappa shape index (κ2) is 5.86. The first-order valence-corrected chi connectivity index (χ1v) is 6.20. The van der Waals surface area contributed by atoms with Crippen LogP contribution in [0.15, 0.2) is 22.7 Å². The molecule has 1 atom stereocenters. The number of nitrogens with zero attached hydrogens (tertiary/aromatic N) is 1. The van der Waals surface area contributed by atoms with Gasteiger partial charge in [0.1, 0.15) is 6.04 Å². The van der Waals surface area contributed by atoms with Crippen molar-refractivity contribution >= 4 is 33.4 Å². The van der Waals surface area contributed by atoms with Gasteiger partial charge in [-0.15, -0.1) is 0 Å². The van der Waals surface area contributed by atoms with E-state index in [0.717, 1.165) is 0 Å². The number of hydrogen-bond acceptors (Lipinski definition) is 3. The lowest BCUT2D eigenvalue weighted by Crippen LogP contribution is -2.44. The summed E-state index contributed by atoms with van der Waals surface area (Å²) >= 11 is 3.26. The minimum Gasteiger partial charge on any atom is -0.398 e. The molecule has 1 rings (SSSR count). The van der Waals surface area contributed by atoms with Gasteiger partial charge in [-0.1, -0.05) is 6.07 Å². The molecular weight excluding hydrogens is 298 g/mol. The van der Waals surface area contributed by atoms with Crippen molar-refractivity contribution in [1.82, 2.24) is 10.2 Å². The number of amides is 2. The molecule has 0 aromatic heterocycles. The van der Waals surface area contributed by atoms with Gasteiger partial charge in [-0.25, -0.2) is 0 Å². The quantitative estimate of drug-likeness (QED) is 0.824. The third kappa shape index (κ3) is 3.22. The average Bonchev–Trinajstić information content (AvgIpc) is 2.31. The Morgan fingerprint density at radius 1 is 1.39 bits per heavy atom. The van der Waals surface area contributed by atoms with E-state index >= 15 is 0 Å². The number of nitrogen functional groups attached to an aromatic ring is 1. The summed E-state index contributed by atoms with van der Waals surface area (Å²) in [6.45, 7) is 1.64. The molecule has 0 aliphatic heterocycles. The van der Waals surface area contributed by atoms with Crippen LogP contribution in [0.1, 0.15) is 17.3 Å². The molecule has 1 aromatic carbocycles. The van der Waals surface area contributed by atoms with Crippen molar-refractivity contribution in [2.45, 2.75) is 13.0 Å². The SMILES string of the molecule is CC(NC(=O)c1cccc(N)c1Br)C(=O)N(C)C. The maximum atomic E-state index is 12.0. The topological polar surface area (TPSA) is 75.4 Å². The minimum absolute atomic E-state index is 0.164. The molecule has 0 heterocycles. The molecule has 1 aromatic rings. The number of rotatable bonds is 3. The summed E-state index contributed by atoms with van der Waals surface area (Å²) in [6.07, 6.45) is 0. The van der Waals surface area contributed by atoms with Crippen LogP contribution in [0.5, 0.6) is 0 Å². The first-order valence-electron chi connectivity index (χ1n) is 5.40. The zero-order valence-electron chi connectivity index (χ0n) is 10.5. The highest BCUT2D eigenvalue weighted by Crippen LogP contribution is 2.23. The molecule has 98 valence electrons. The van der Waals surface area contributed by atoms with Crippen LogP contribution in [-0.2, 0) is 4.79 Å². The Morgan fingerprint density at radius 3 is 2.56 bits per heavy atom. The van der Waals surface area contributed by atoms with Crippen LogP contribution >= 0.6 is 15.9 Å². The van der Waals surface area contributed by atoms with Crippen LogP contribution in [0.2, 0.25) is 0 Å². The molecule has 3 N–H and O–H groups in total. The summed E-state index contributed by atoms with van der Waals surface area (Å²) in [4.78, 5) is 25.1. The molecule has 0 saturated carbocycles. The molecule has 0 fully saturated rings. The third-order valence-corrected chi connectivity index (χ3v) is 3.32. The number of halogens is 1. The van der Waals surface area contributed by atoms with Gasteiger partial charge < -0.3 is 16.0 Å². The Hall–Kier alpha value is -1.56. The highest BCUT2D eigenvalue weighted by Gasteiger charge is 2.19. The number of nitrogens with one attached hydrogen (secondary N) is 1. The Labute approximate surface area is 114 Å². The highest BCUT2D eigenvalue weighted by atomic mass is 79.9. The summed E-state index contributed by atoms with van der Waals surface area (Å²) in [5, 5.41) is 2.63. The van der Waals surface area contributed by atoms with Gasteiger partial charge in [0, 0.05) is 19.8 Å². The van der Waals surface area contributed by atoms with Crippen LogP contribution in [0.25, 0.3) is 0 Å². The minimum atomic E-state index is -0.583. The molecule has 5 nitrogen and oxygen atoms in total. The van der Waals surface area contributed by atoms with Crippen LogP contribution in [0, 0.1) is 0 Å². The second-order valence-electron chi connectivity index (χ2n) is 4.14. The van der Waals surface area contributed by atoms with E-state index in [1.807, 2.05) is 0 Å². The van der Waals surface area contributed by atoms with E-state index in [9.17, 15) is 9.59 Å². The fourth-order valence-corrected chi connectivity index (χ4v) is 1.89. The van der Waals surface area contributed by atoms with Crippen molar-refractivity contribution in [1.29, 1.82) is 0 Å². The molecule has 0 saturated heterocycles. The van der Waals surface area contributed by atoms with Gasteiger partial charge in [0.15, 0.2) is 0 Å². The summed E-state index contributed by atoms with van der Waals surface area (Å²) in [5.74, 6) is -0.500. The van der Waals surface area contributed by atoms with E-state index in [4.69, 9.17) is 5.73 Å². The first kappa shape index (κ1) is 14.5. The summed E-state index contributed by atoms with van der Waals surface area (Å²) in [7, 11) is 3.28. The van der Waals surface area contributed by atoms with Crippen molar-refractivity contribution in [3.63, 3.8) is 0 Å². The van der Waals surface area contributed by atoms with Gasteiger partial charge in [0.25, 0.3) is 5.91 Å². The highest BCUT2D eigenvalue weighted by molar-refractivity contribution is 9.10. The summed E-state index contributed by atoms with van der Waals surface area (Å²) in [6, 6.07) is 4.44. The van der Waals surface area contributed by atoms with E-state index < -0.39 is 6.04 Å². The molecule has 2 amide bonds. The van der Waals surface area contributed by atoms with E-state index in [1.165, 1.54) is 4.90 Å². The molecule has 0 bridgehead atoms. The van der Waals surface area contributed by atoms with Crippen LogP contribution in [-0.4, -0.2) is 36.9 Å². The molecule has 0 spiro atoms. The number of anilines is 1. The molecular formula is C12H16BrN3O2. The lowest BCUT2D eigenvalue weighted by atomic mass is 10.1. The molecule has 6 heteroatoms. The zero-order valence-corrected chi connectivity index (χ0v) is 12.1. The average molecular weight is 314 g/mol. The Bertz CT molecular complexity index is 474. The van der Waals surface area contributed by atoms with Crippen molar-refractivity contribution in [2.24, 2.45) is 0 Å². The third-order valence-electron chi connectivity index (χ3n) is 2.43. The van der Waals surface area contributed by atoms with E-state index in [2.05, 4.69) is 21.2 Å². The maximum Gasteiger partial charge on any atom is 0.253 e. The largest absolute Gasteiger partial charge is 0.398 e. The number of benzene rings is 1. The van der Waals surface area contributed by atoms with Gasteiger partial charge in [-0.2, -0.15) is 0 Å². The van der Waals surface area contributed by atoms with Crippen molar-refractivity contribution < 1.29 is 9.59 Å². The number of carbonyl (C=O) groups is 2. The number of hydrogen-bond donors (Lipinski definition) is 2. The van der Waals surface area contributed by atoms with Crippen molar-refractivity contribution in [2.75, 3.05) is 19.8 Å². The van der Waals surface area contributed by atoms with Crippen LogP contribution in [0.4, 0.5) is 5.69 Å². The van der Waals surface area contributed by atoms with Gasteiger partial charge in [0.05, 0.1) is 10.0 Å². The monoisotopic (exact) mass is 313 g/mol. The fourth-order valence-electron chi connectivity index (χ4n) is 1.45. The molecule has 1 unspecified atom stereocenters. The lowest BCUT2D eigenvalue weighted by molar-refractivity contribution is -0.130. The summed E-state index contributed by atoms with van der Waals surface area (Å²) in [5.41, 5.74) is 6.59. The van der Waals surface area contributed by atoms with Crippen LogP contribution in [0.3, 0.4) is 0 Å². The first-order chi connectivity index (χ1) is 8.34. The second-order valence-corrected chi connectivity index (χ2v) is 4.93. The summed E-state index contributed by atoms with van der Waals surface area (Å²) < 4.78 is 0.534. The lowest BCUT2D eigenvalue weighted by Gasteiger charge is -2.18. The molecule has 0 aliphatic rings. The van der Waals surface area contributed by atoms with Gasteiger partial charge in [-0.3, -0.25) is 9.59 Å². The predicted molar refractivity (Wildman–Crippen MR) is 74.2 cm³/mol. The van der Waals surface area contributed by atoms with E-state index in [0.29, 0.717) is 15.7 Å². The number of nitrogens with two attached hydrogens (primary N) is 1. The van der Waals surface area contributed by atoms with Gasteiger partial charge in [0.2, 0.25) is 5.91 Å². The normalized spacial score (nSPS) is 11.8. The molecule has 0 radical (unpaired) electrons. The molecule has 0 aliphatic carbocycles. The number of likely N-dealkylation sites (N-methyl/N-ethyl adjacent to an activating group) is 1. The van der Waals surface area contributed by atoms with Crippen molar-refractivity contribution in [3.8, 4) is 0 Å². The molecule has 18 heavy (non-hydrogen) atoms. The van der Waals surface area contributed by atoms with Crippen LogP contribution < -0.4 is 11.1 Å². The predicted octanol–water partition coefficient (Wildman–Crippen LogP) is 1.24. The fraction of sp³-hybridized carbons (Fsp3) is 0.333.